The van der Waals surface area contributed by atoms with Crippen molar-refractivity contribution in [2.45, 2.75) is 63.6 Å². The number of carbonyl (C=O) groups excluding carboxylic acids is 1. The molecule has 1 amide bonds. The van der Waals surface area contributed by atoms with Crippen molar-refractivity contribution in [3.8, 4) is 11.6 Å². The first-order valence-corrected chi connectivity index (χ1v) is 12.7. The predicted octanol–water partition coefficient (Wildman–Crippen LogP) is 3.37. The van der Waals surface area contributed by atoms with Crippen LogP contribution in [0, 0.1) is 17.7 Å². The van der Waals surface area contributed by atoms with E-state index in [0.29, 0.717) is 25.6 Å². The van der Waals surface area contributed by atoms with Crippen molar-refractivity contribution in [2.24, 2.45) is 17.6 Å². The fourth-order valence-electron chi connectivity index (χ4n) is 4.86. The average molecular weight is 484 g/mol. The van der Waals surface area contributed by atoms with Crippen molar-refractivity contribution in [3.63, 3.8) is 0 Å². The first-order chi connectivity index (χ1) is 17.0. The highest BCUT2D eigenvalue weighted by Crippen LogP contribution is 2.32. The van der Waals surface area contributed by atoms with Gasteiger partial charge in [-0.3, -0.25) is 4.79 Å². The van der Waals surface area contributed by atoms with Crippen molar-refractivity contribution in [1.82, 2.24) is 15.3 Å². The minimum Gasteiger partial charge on any atom is -0.489 e. The van der Waals surface area contributed by atoms with Gasteiger partial charge >= 0.3 is 0 Å². The summed E-state index contributed by atoms with van der Waals surface area (Å²) < 4.78 is 26.6. The topological polar surface area (TPSA) is 103 Å². The summed E-state index contributed by atoms with van der Waals surface area (Å²) in [7, 11) is 0. The zero-order valence-corrected chi connectivity index (χ0v) is 20.2. The summed E-state index contributed by atoms with van der Waals surface area (Å²) in [4.78, 5) is 22.5. The third-order valence-corrected chi connectivity index (χ3v) is 7.22. The Kier molecular flexibility index (Phi) is 7.04. The molecule has 3 fully saturated rings. The third kappa shape index (κ3) is 5.83. The highest BCUT2D eigenvalue weighted by Gasteiger charge is 2.30. The standard InChI is InChI=1S/C26H34FN5O3/c1-16(31-25(33)19-4-7-20(28)12-19)18-5-8-21(9-6-18)35-22-10-11-32(13-22)24-23(27)26(30-15-29-24)34-14-17-2-3-17/h5-6,8-9,15-17,19-20,22H,2-4,7,10-14,28H2,1H3,(H,31,33)/t16?,19-,20+,22+/m0/s1. The Morgan fingerprint density at radius 3 is 2.71 bits per heavy atom. The SMILES string of the molecule is CC(NC(=O)[C@H]1CC[C@@H](N)C1)c1ccc(O[C@@H]2CCN(c3ncnc(OCC4CC4)c3F)C2)cc1. The van der Waals surface area contributed by atoms with Gasteiger partial charge in [-0.15, -0.1) is 0 Å². The van der Waals surface area contributed by atoms with Crippen molar-refractivity contribution in [3.05, 3.63) is 42.0 Å². The molecule has 2 saturated carbocycles. The lowest BCUT2D eigenvalue weighted by Crippen LogP contribution is -2.32. The van der Waals surface area contributed by atoms with E-state index in [2.05, 4.69) is 15.3 Å². The largest absolute Gasteiger partial charge is 0.489 e. The number of aromatic nitrogens is 2. The Hall–Kier alpha value is -2.94. The number of nitrogens with one attached hydrogen (secondary N) is 1. The lowest BCUT2D eigenvalue weighted by atomic mass is 10.0. The Labute approximate surface area is 205 Å². The molecule has 2 aliphatic carbocycles. The van der Waals surface area contributed by atoms with Crippen LogP contribution in [0.4, 0.5) is 10.2 Å². The number of nitrogens with two attached hydrogens (primary N) is 1. The van der Waals surface area contributed by atoms with Gasteiger partial charge in [0.25, 0.3) is 5.88 Å². The van der Waals surface area contributed by atoms with Gasteiger partial charge in [0.2, 0.25) is 11.7 Å². The summed E-state index contributed by atoms with van der Waals surface area (Å²) in [6.45, 7) is 3.67. The quantitative estimate of drug-likeness (QED) is 0.564. The lowest BCUT2D eigenvalue weighted by Gasteiger charge is -2.20. The second-order valence-electron chi connectivity index (χ2n) is 10.1. The van der Waals surface area contributed by atoms with E-state index >= 15 is 0 Å². The number of nitrogens with zero attached hydrogens (tertiary/aromatic N) is 3. The van der Waals surface area contributed by atoms with E-state index in [1.54, 1.807) is 0 Å². The van der Waals surface area contributed by atoms with Crippen LogP contribution in [0.25, 0.3) is 0 Å². The van der Waals surface area contributed by atoms with Gasteiger partial charge in [0.05, 0.1) is 19.2 Å². The summed E-state index contributed by atoms with van der Waals surface area (Å²) in [5, 5.41) is 3.10. The number of anilines is 1. The van der Waals surface area contributed by atoms with Crippen LogP contribution in [0.1, 0.15) is 57.1 Å². The molecule has 1 unspecified atom stereocenters. The van der Waals surface area contributed by atoms with Crippen molar-refractivity contribution in [1.29, 1.82) is 0 Å². The predicted molar refractivity (Wildman–Crippen MR) is 130 cm³/mol. The summed E-state index contributed by atoms with van der Waals surface area (Å²) in [5.74, 6) is 1.15. The van der Waals surface area contributed by atoms with Gasteiger partial charge < -0.3 is 25.4 Å². The molecule has 1 aliphatic heterocycles. The van der Waals surface area contributed by atoms with Crippen LogP contribution >= 0.6 is 0 Å². The maximum atomic E-state index is 14.9. The summed E-state index contributed by atoms with van der Waals surface area (Å²) in [6.07, 6.45) is 6.85. The molecule has 188 valence electrons. The number of amides is 1. The number of carbonyl (C=O) groups is 1. The summed E-state index contributed by atoms with van der Waals surface area (Å²) in [5.41, 5.74) is 6.96. The van der Waals surface area contributed by atoms with Gasteiger partial charge in [-0.1, -0.05) is 12.1 Å². The molecule has 5 rings (SSSR count). The van der Waals surface area contributed by atoms with Crippen molar-refractivity contribution >= 4 is 11.7 Å². The molecule has 9 heteroatoms. The van der Waals surface area contributed by atoms with Gasteiger partial charge in [0.15, 0.2) is 5.82 Å². The maximum absolute atomic E-state index is 14.9. The molecule has 35 heavy (non-hydrogen) atoms. The number of rotatable bonds is 9. The summed E-state index contributed by atoms with van der Waals surface area (Å²) >= 11 is 0. The monoisotopic (exact) mass is 483 g/mol. The van der Waals surface area contributed by atoms with Crippen molar-refractivity contribution < 1.29 is 18.7 Å². The lowest BCUT2D eigenvalue weighted by molar-refractivity contribution is -0.125. The van der Waals surface area contributed by atoms with Crippen LogP contribution in [0.5, 0.6) is 11.6 Å². The average Bonchev–Trinajstić information content (AvgIpc) is 3.40. The smallest absolute Gasteiger partial charge is 0.255 e. The molecule has 0 bridgehead atoms. The molecular formula is C26H34FN5O3. The minimum absolute atomic E-state index is 0.0148. The molecular weight excluding hydrogens is 449 g/mol. The molecule has 2 heterocycles. The van der Waals surface area contributed by atoms with Crippen LogP contribution in [0.15, 0.2) is 30.6 Å². The maximum Gasteiger partial charge on any atom is 0.255 e. The number of halogens is 1. The van der Waals surface area contributed by atoms with E-state index < -0.39 is 5.82 Å². The third-order valence-electron chi connectivity index (χ3n) is 7.22. The van der Waals surface area contributed by atoms with E-state index in [0.717, 1.165) is 49.8 Å². The first kappa shape index (κ1) is 23.8. The molecule has 3 aliphatic rings. The fraction of sp³-hybridized carbons (Fsp3) is 0.577. The van der Waals surface area contributed by atoms with Gasteiger partial charge in [-0.05, 0) is 62.6 Å². The number of hydrogen-bond acceptors (Lipinski definition) is 7. The fourth-order valence-corrected chi connectivity index (χ4v) is 4.86. The van der Waals surface area contributed by atoms with Crippen LogP contribution in [0.2, 0.25) is 0 Å². The highest BCUT2D eigenvalue weighted by molar-refractivity contribution is 5.79. The first-order valence-electron chi connectivity index (χ1n) is 12.7. The zero-order chi connectivity index (χ0) is 24.4. The Balaban J connectivity index is 1.13. The molecule has 4 atom stereocenters. The Morgan fingerprint density at radius 1 is 1.20 bits per heavy atom. The minimum atomic E-state index is -0.506. The molecule has 1 aromatic heterocycles. The molecule has 1 aromatic carbocycles. The van der Waals surface area contributed by atoms with E-state index in [1.807, 2.05) is 36.1 Å². The zero-order valence-electron chi connectivity index (χ0n) is 20.2. The Morgan fingerprint density at radius 2 is 2.00 bits per heavy atom. The molecule has 0 radical (unpaired) electrons. The number of ether oxygens (including phenoxy) is 2. The van der Waals surface area contributed by atoms with Gasteiger partial charge in [-0.2, -0.15) is 9.37 Å². The number of benzene rings is 1. The van der Waals surface area contributed by atoms with Gasteiger partial charge in [0, 0.05) is 24.9 Å². The molecule has 2 aromatic rings. The van der Waals surface area contributed by atoms with Crippen LogP contribution in [-0.2, 0) is 4.79 Å². The second kappa shape index (κ2) is 10.4. The van der Waals surface area contributed by atoms with Gasteiger partial charge in [-0.25, -0.2) is 4.98 Å². The highest BCUT2D eigenvalue weighted by atomic mass is 19.1. The van der Waals surface area contributed by atoms with Gasteiger partial charge in [0.1, 0.15) is 18.2 Å². The van der Waals surface area contributed by atoms with Crippen LogP contribution in [0.3, 0.4) is 0 Å². The molecule has 3 N–H and O–H groups in total. The Bertz CT molecular complexity index is 1030. The molecule has 1 saturated heterocycles. The molecule has 8 nitrogen and oxygen atoms in total. The summed E-state index contributed by atoms with van der Waals surface area (Å²) in [6, 6.07) is 7.83. The van der Waals surface area contributed by atoms with E-state index in [-0.39, 0.29) is 41.7 Å². The van der Waals surface area contributed by atoms with Crippen molar-refractivity contribution in [2.75, 3.05) is 24.6 Å². The second-order valence-corrected chi connectivity index (χ2v) is 10.1. The molecule has 0 spiro atoms. The van der Waals surface area contributed by atoms with E-state index in [9.17, 15) is 9.18 Å². The van der Waals surface area contributed by atoms with E-state index in [1.165, 1.54) is 6.33 Å². The normalized spacial score (nSPS) is 24.9. The van der Waals surface area contributed by atoms with Crippen LogP contribution in [-0.4, -0.2) is 47.7 Å². The van der Waals surface area contributed by atoms with Crippen LogP contribution < -0.4 is 25.4 Å². The van der Waals surface area contributed by atoms with E-state index in [4.69, 9.17) is 15.2 Å². The number of hydrogen-bond donors (Lipinski definition) is 2.